The maximum atomic E-state index is 13.9. The number of carbonyl (C=O) groups excluding carboxylic acids is 1. The molecule has 3 aliphatic rings. The first kappa shape index (κ1) is 24.0. The summed E-state index contributed by atoms with van der Waals surface area (Å²) in [7, 11) is 0. The number of anilines is 1. The lowest BCUT2D eigenvalue weighted by molar-refractivity contribution is -0.0874. The summed E-state index contributed by atoms with van der Waals surface area (Å²) in [6.45, 7) is 8.47. The van der Waals surface area contributed by atoms with Crippen LogP contribution in [0.2, 0.25) is 0 Å². The Bertz CT molecular complexity index is 1050. The van der Waals surface area contributed by atoms with Crippen LogP contribution in [0.5, 0.6) is 5.75 Å². The van der Waals surface area contributed by atoms with Gasteiger partial charge in [0.05, 0.1) is 24.1 Å². The van der Waals surface area contributed by atoms with Crippen LogP contribution in [0.15, 0.2) is 36.5 Å². The highest BCUT2D eigenvalue weighted by molar-refractivity contribution is 5.92. The van der Waals surface area contributed by atoms with E-state index in [0.717, 1.165) is 17.8 Å². The van der Waals surface area contributed by atoms with Gasteiger partial charge in [0.1, 0.15) is 22.9 Å². The maximum Gasteiger partial charge on any atom is 0.272 e. The van der Waals surface area contributed by atoms with Crippen molar-refractivity contribution in [2.24, 2.45) is 0 Å². The number of fused-ring (bicyclic) bond motifs is 1. The van der Waals surface area contributed by atoms with Crippen molar-refractivity contribution in [1.82, 2.24) is 9.88 Å². The van der Waals surface area contributed by atoms with Crippen molar-refractivity contribution in [3.63, 3.8) is 0 Å². The van der Waals surface area contributed by atoms with E-state index in [9.17, 15) is 9.18 Å². The van der Waals surface area contributed by atoms with Gasteiger partial charge in [0.25, 0.3) is 5.91 Å². The molecule has 2 saturated heterocycles. The Labute approximate surface area is 207 Å². The smallest absolute Gasteiger partial charge is 0.272 e. The number of ether oxygens (including phenoxy) is 2. The Hall–Kier alpha value is -2.67. The quantitative estimate of drug-likeness (QED) is 0.575. The van der Waals surface area contributed by atoms with Crippen LogP contribution in [0.3, 0.4) is 0 Å². The molecule has 1 spiro atoms. The minimum Gasteiger partial charge on any atom is -0.487 e. The van der Waals surface area contributed by atoms with Crippen LogP contribution in [-0.4, -0.2) is 53.2 Å². The van der Waals surface area contributed by atoms with Crippen LogP contribution in [-0.2, 0) is 4.74 Å². The summed E-state index contributed by atoms with van der Waals surface area (Å²) in [5.74, 6) is 0.368. The van der Waals surface area contributed by atoms with Gasteiger partial charge < -0.3 is 19.3 Å². The molecule has 0 N–H and O–H groups in total. The Balaban J connectivity index is 1.26. The van der Waals surface area contributed by atoms with Gasteiger partial charge in [-0.1, -0.05) is 0 Å². The molecule has 4 heterocycles. The number of benzene rings is 1. The van der Waals surface area contributed by atoms with Gasteiger partial charge in [-0.3, -0.25) is 4.79 Å². The molecule has 2 atom stereocenters. The minimum absolute atomic E-state index is 0.0231. The first-order valence-electron chi connectivity index (χ1n) is 13.0. The molecule has 1 amide bonds. The highest BCUT2D eigenvalue weighted by Crippen LogP contribution is 2.46. The van der Waals surface area contributed by atoms with E-state index in [2.05, 4.69) is 16.8 Å². The largest absolute Gasteiger partial charge is 0.487 e. The Morgan fingerprint density at radius 1 is 1.17 bits per heavy atom. The molecule has 2 fully saturated rings. The first-order chi connectivity index (χ1) is 16.8. The van der Waals surface area contributed by atoms with Gasteiger partial charge >= 0.3 is 0 Å². The van der Waals surface area contributed by atoms with Gasteiger partial charge in [-0.05, 0) is 70.4 Å². The van der Waals surface area contributed by atoms with Crippen molar-refractivity contribution >= 4 is 11.6 Å². The van der Waals surface area contributed by atoms with Gasteiger partial charge in [-0.2, -0.15) is 0 Å². The molecular weight excluding hydrogens is 445 g/mol. The summed E-state index contributed by atoms with van der Waals surface area (Å²) in [5.41, 5.74) is 1.94. The van der Waals surface area contributed by atoms with Crippen molar-refractivity contribution in [2.45, 2.75) is 83.1 Å². The zero-order chi connectivity index (χ0) is 24.6. The molecule has 6 nitrogen and oxygen atoms in total. The van der Waals surface area contributed by atoms with E-state index in [-0.39, 0.29) is 23.9 Å². The van der Waals surface area contributed by atoms with E-state index >= 15 is 0 Å². The van der Waals surface area contributed by atoms with Crippen molar-refractivity contribution in [3.05, 3.63) is 53.6 Å². The topological polar surface area (TPSA) is 54.9 Å². The zero-order valence-electron chi connectivity index (χ0n) is 21.0. The lowest BCUT2D eigenvalue weighted by Crippen LogP contribution is -2.52. The number of pyridine rings is 1. The Kier molecular flexibility index (Phi) is 6.71. The van der Waals surface area contributed by atoms with Crippen LogP contribution in [0, 0.1) is 5.82 Å². The number of amides is 1. The van der Waals surface area contributed by atoms with Crippen LogP contribution < -0.4 is 9.64 Å². The third-order valence-electron chi connectivity index (χ3n) is 7.70. The fourth-order valence-corrected chi connectivity index (χ4v) is 5.79. The Morgan fingerprint density at radius 3 is 2.66 bits per heavy atom. The summed E-state index contributed by atoms with van der Waals surface area (Å²) < 4.78 is 26.5. The molecule has 0 bridgehead atoms. The molecule has 188 valence electrons. The predicted octanol–water partition coefficient (Wildman–Crippen LogP) is 5.52. The summed E-state index contributed by atoms with van der Waals surface area (Å²) in [6.07, 6.45) is 7.38. The Morgan fingerprint density at radius 2 is 1.97 bits per heavy atom. The number of nitrogens with zero attached hydrogens (tertiary/aromatic N) is 3. The molecule has 1 unspecified atom stereocenters. The molecule has 35 heavy (non-hydrogen) atoms. The number of likely N-dealkylation sites (tertiary alicyclic amines) is 1. The van der Waals surface area contributed by atoms with E-state index in [4.69, 9.17) is 9.47 Å². The van der Waals surface area contributed by atoms with Crippen molar-refractivity contribution < 1.29 is 18.7 Å². The lowest BCUT2D eigenvalue weighted by Gasteiger charge is -2.47. The van der Waals surface area contributed by atoms with E-state index in [1.54, 1.807) is 6.07 Å². The average Bonchev–Trinajstić information content (AvgIpc) is 2.85. The van der Waals surface area contributed by atoms with Gasteiger partial charge in [-0.15, -0.1) is 0 Å². The highest BCUT2D eigenvalue weighted by Gasteiger charge is 2.45. The highest BCUT2D eigenvalue weighted by atomic mass is 19.1. The summed E-state index contributed by atoms with van der Waals surface area (Å²) in [6, 6.07) is 9.05. The van der Waals surface area contributed by atoms with Gasteiger partial charge in [-0.25, -0.2) is 9.37 Å². The van der Waals surface area contributed by atoms with Crippen molar-refractivity contribution in [2.75, 3.05) is 24.5 Å². The van der Waals surface area contributed by atoms with Gasteiger partial charge in [0.2, 0.25) is 0 Å². The van der Waals surface area contributed by atoms with Gasteiger partial charge in [0.15, 0.2) is 0 Å². The third-order valence-corrected chi connectivity index (χ3v) is 7.70. The number of hydrogen-bond acceptors (Lipinski definition) is 5. The summed E-state index contributed by atoms with van der Waals surface area (Å²) in [5, 5.41) is 0. The molecule has 0 aliphatic carbocycles. The fraction of sp³-hybridized carbons (Fsp3) is 0.571. The normalized spacial score (nSPS) is 23.8. The predicted molar refractivity (Wildman–Crippen MR) is 133 cm³/mol. The monoisotopic (exact) mass is 481 g/mol. The fourth-order valence-electron chi connectivity index (χ4n) is 5.79. The lowest BCUT2D eigenvalue weighted by atomic mass is 9.81. The number of hydrogen-bond donors (Lipinski definition) is 0. The minimum atomic E-state index is -0.414. The molecule has 1 aromatic carbocycles. The molecule has 1 aromatic heterocycles. The van der Waals surface area contributed by atoms with Crippen LogP contribution >= 0.6 is 0 Å². The molecule has 5 rings (SSSR count). The number of halogens is 1. The van der Waals surface area contributed by atoms with Crippen molar-refractivity contribution in [3.8, 4) is 5.75 Å². The van der Waals surface area contributed by atoms with E-state index < -0.39 is 5.60 Å². The molecule has 2 aromatic rings. The summed E-state index contributed by atoms with van der Waals surface area (Å²) in [4.78, 5) is 22.0. The van der Waals surface area contributed by atoms with Crippen molar-refractivity contribution in [1.29, 1.82) is 0 Å². The van der Waals surface area contributed by atoms with Crippen LogP contribution in [0.1, 0.15) is 81.5 Å². The van der Waals surface area contributed by atoms with Crippen LogP contribution in [0.4, 0.5) is 10.1 Å². The first-order valence-corrected chi connectivity index (χ1v) is 13.0. The average molecular weight is 482 g/mol. The number of piperidine rings is 2. The second-order valence-electron chi connectivity index (χ2n) is 10.6. The number of carbonyl (C=O) groups is 1. The molecule has 7 heteroatoms. The summed E-state index contributed by atoms with van der Waals surface area (Å²) >= 11 is 0. The second-order valence-corrected chi connectivity index (χ2v) is 10.6. The van der Waals surface area contributed by atoms with E-state index in [1.165, 1.54) is 31.4 Å². The standard InChI is InChI=1S/C28H36FN3O3/c1-19(2)34-26-17-28(35-25-10-7-21(29)16-23(25)26)11-14-31(15-12-28)27(33)24-9-8-22(18-30-24)32-13-5-4-6-20(32)3/h7-10,16,18-20,26H,4-6,11-15,17H2,1-3H3/t20?,26-/m1/s1. The zero-order valence-corrected chi connectivity index (χ0v) is 21.0. The number of aromatic nitrogens is 1. The molecule has 0 saturated carbocycles. The number of rotatable bonds is 4. The van der Waals surface area contributed by atoms with Crippen LogP contribution in [0.25, 0.3) is 0 Å². The molecular formula is C28H36FN3O3. The molecule has 0 radical (unpaired) electrons. The second kappa shape index (κ2) is 9.76. The van der Waals surface area contributed by atoms with Gasteiger partial charge in [0, 0.05) is 50.5 Å². The van der Waals surface area contributed by atoms with E-state index in [0.29, 0.717) is 49.8 Å². The molecule has 3 aliphatic heterocycles. The van der Waals surface area contributed by atoms with E-state index in [1.807, 2.05) is 37.1 Å². The SMILES string of the molecule is CC(C)O[C@@H]1CC2(CCN(C(=O)c3ccc(N4CCCCC4C)cn3)CC2)Oc2ccc(F)cc21. The maximum absolute atomic E-state index is 13.9. The third kappa shape index (κ3) is 5.01.